The summed E-state index contributed by atoms with van der Waals surface area (Å²) in [5.74, 6) is 0.307. The zero-order chi connectivity index (χ0) is 11.7. The van der Waals surface area contributed by atoms with Gasteiger partial charge in [-0.25, -0.2) is 4.79 Å². The van der Waals surface area contributed by atoms with Crippen LogP contribution in [0.5, 0.6) is 0 Å². The lowest BCUT2D eigenvalue weighted by Gasteiger charge is -2.01. The van der Waals surface area contributed by atoms with Crippen LogP contribution in [0.1, 0.15) is 25.5 Å². The highest BCUT2D eigenvalue weighted by Gasteiger charge is 2.07. The van der Waals surface area contributed by atoms with Crippen molar-refractivity contribution in [1.82, 2.24) is 9.55 Å². The molecule has 0 unspecified atom stereocenters. The van der Waals surface area contributed by atoms with Crippen LogP contribution in [0.4, 0.5) is 0 Å². The largest absolute Gasteiger partial charge is 0.330 e. The van der Waals surface area contributed by atoms with Gasteiger partial charge in [-0.05, 0) is 30.2 Å². The number of imidazole rings is 1. The quantitative estimate of drug-likeness (QED) is 0.855. The Morgan fingerprint density at radius 1 is 1.25 bits per heavy atom. The van der Waals surface area contributed by atoms with Gasteiger partial charge in [0.15, 0.2) is 0 Å². The molecule has 0 fully saturated rings. The van der Waals surface area contributed by atoms with Crippen molar-refractivity contribution in [2.75, 3.05) is 0 Å². The van der Waals surface area contributed by atoms with Crippen LogP contribution in [0.2, 0.25) is 5.02 Å². The second-order valence-electron chi connectivity index (χ2n) is 4.02. The summed E-state index contributed by atoms with van der Waals surface area (Å²) in [6.45, 7) is 4.08. The highest BCUT2D eigenvalue weighted by molar-refractivity contribution is 6.30. The lowest BCUT2D eigenvalue weighted by Crippen LogP contribution is -2.13. The highest BCUT2D eigenvalue weighted by atomic mass is 35.5. The number of benzene rings is 1. The van der Waals surface area contributed by atoms with E-state index in [0.717, 1.165) is 11.4 Å². The Balaban J connectivity index is 2.48. The van der Waals surface area contributed by atoms with Crippen molar-refractivity contribution in [1.29, 1.82) is 0 Å². The number of H-pyrrole nitrogens is 1. The molecular formula is C12H13ClN2O. The van der Waals surface area contributed by atoms with Gasteiger partial charge >= 0.3 is 5.69 Å². The molecule has 1 N–H and O–H groups in total. The average molecular weight is 237 g/mol. The molecule has 0 saturated heterocycles. The molecule has 16 heavy (non-hydrogen) atoms. The normalized spacial score (nSPS) is 11.0. The zero-order valence-electron chi connectivity index (χ0n) is 9.20. The first-order valence-electron chi connectivity index (χ1n) is 5.15. The average Bonchev–Trinajstić information content (AvgIpc) is 2.62. The molecule has 1 heterocycles. The molecule has 4 heteroatoms. The van der Waals surface area contributed by atoms with Crippen LogP contribution in [-0.2, 0) is 0 Å². The Bertz CT molecular complexity index is 537. The fourth-order valence-corrected chi connectivity index (χ4v) is 1.63. The van der Waals surface area contributed by atoms with E-state index in [1.54, 1.807) is 16.7 Å². The van der Waals surface area contributed by atoms with E-state index in [1.807, 2.05) is 32.2 Å². The lowest BCUT2D eigenvalue weighted by molar-refractivity contribution is 0.829. The third-order valence-corrected chi connectivity index (χ3v) is 2.72. The van der Waals surface area contributed by atoms with Gasteiger partial charge in [0.1, 0.15) is 0 Å². The third-order valence-electron chi connectivity index (χ3n) is 2.47. The summed E-state index contributed by atoms with van der Waals surface area (Å²) in [4.78, 5) is 14.5. The van der Waals surface area contributed by atoms with Gasteiger partial charge in [0.25, 0.3) is 0 Å². The van der Waals surface area contributed by atoms with Crippen molar-refractivity contribution in [3.8, 4) is 5.69 Å². The molecule has 0 spiro atoms. The van der Waals surface area contributed by atoms with Crippen molar-refractivity contribution in [2.45, 2.75) is 19.8 Å². The lowest BCUT2D eigenvalue weighted by atomic mass is 10.2. The molecule has 2 rings (SSSR count). The molecule has 0 saturated carbocycles. The van der Waals surface area contributed by atoms with Gasteiger partial charge in [-0.3, -0.25) is 4.57 Å². The van der Waals surface area contributed by atoms with Crippen LogP contribution < -0.4 is 5.69 Å². The summed E-state index contributed by atoms with van der Waals surface area (Å²) >= 11 is 5.80. The summed E-state index contributed by atoms with van der Waals surface area (Å²) in [5.41, 5.74) is 1.63. The minimum atomic E-state index is -0.119. The minimum Gasteiger partial charge on any atom is -0.309 e. The molecule has 0 amide bonds. The number of nitrogens with one attached hydrogen (secondary N) is 1. The molecule has 0 radical (unpaired) electrons. The molecule has 84 valence electrons. The molecule has 0 aliphatic carbocycles. The molecule has 1 aromatic heterocycles. The molecule has 0 aliphatic heterocycles. The van der Waals surface area contributed by atoms with E-state index >= 15 is 0 Å². The first-order valence-corrected chi connectivity index (χ1v) is 5.53. The number of rotatable bonds is 2. The van der Waals surface area contributed by atoms with Crippen LogP contribution in [-0.4, -0.2) is 9.55 Å². The standard InChI is InChI=1S/C12H13ClN2O/c1-8(2)11-7-15(12(16)14-11)10-5-3-9(13)4-6-10/h3-8H,1-2H3,(H,14,16). The monoisotopic (exact) mass is 236 g/mol. The molecule has 0 bridgehead atoms. The van der Waals surface area contributed by atoms with Crippen molar-refractivity contribution < 1.29 is 0 Å². The van der Waals surface area contributed by atoms with E-state index in [-0.39, 0.29) is 5.69 Å². The molecular weight excluding hydrogens is 224 g/mol. The maximum Gasteiger partial charge on any atom is 0.330 e. The van der Waals surface area contributed by atoms with Crippen molar-refractivity contribution >= 4 is 11.6 Å². The first kappa shape index (κ1) is 11.0. The predicted octanol–water partition coefficient (Wildman–Crippen LogP) is 2.94. The summed E-state index contributed by atoms with van der Waals surface area (Å²) in [6, 6.07) is 7.18. The van der Waals surface area contributed by atoms with Crippen LogP contribution >= 0.6 is 11.6 Å². The fourth-order valence-electron chi connectivity index (χ4n) is 1.50. The van der Waals surface area contributed by atoms with Crippen LogP contribution in [0.25, 0.3) is 5.69 Å². The fraction of sp³-hybridized carbons (Fsp3) is 0.250. The molecule has 0 atom stereocenters. The van der Waals surface area contributed by atoms with Crippen LogP contribution in [0.3, 0.4) is 0 Å². The van der Waals surface area contributed by atoms with Gasteiger partial charge in [-0.15, -0.1) is 0 Å². The number of nitrogens with zero attached hydrogens (tertiary/aromatic N) is 1. The number of hydrogen-bond donors (Lipinski definition) is 1. The van der Waals surface area contributed by atoms with Crippen LogP contribution in [0, 0.1) is 0 Å². The smallest absolute Gasteiger partial charge is 0.309 e. The number of aromatic nitrogens is 2. The van der Waals surface area contributed by atoms with Gasteiger partial charge in [0.05, 0.1) is 5.69 Å². The van der Waals surface area contributed by atoms with E-state index in [0.29, 0.717) is 10.9 Å². The number of aromatic amines is 1. The Morgan fingerprint density at radius 3 is 2.38 bits per heavy atom. The second-order valence-corrected chi connectivity index (χ2v) is 4.45. The number of hydrogen-bond acceptors (Lipinski definition) is 1. The Kier molecular flexibility index (Phi) is 2.88. The summed E-state index contributed by atoms with van der Waals surface area (Å²) in [6.07, 6.45) is 1.83. The van der Waals surface area contributed by atoms with Crippen LogP contribution in [0.15, 0.2) is 35.3 Å². The topological polar surface area (TPSA) is 37.8 Å². The summed E-state index contributed by atoms with van der Waals surface area (Å²) in [7, 11) is 0. The van der Waals surface area contributed by atoms with E-state index in [1.165, 1.54) is 0 Å². The Hall–Kier alpha value is -1.48. The summed E-state index contributed by atoms with van der Waals surface area (Å²) < 4.78 is 1.59. The van der Waals surface area contributed by atoms with Gasteiger partial charge in [0.2, 0.25) is 0 Å². The third kappa shape index (κ3) is 2.04. The van der Waals surface area contributed by atoms with E-state index in [2.05, 4.69) is 4.98 Å². The van der Waals surface area contributed by atoms with Gasteiger partial charge in [-0.1, -0.05) is 25.4 Å². The second kappa shape index (κ2) is 4.18. The predicted molar refractivity (Wildman–Crippen MR) is 65.5 cm³/mol. The van der Waals surface area contributed by atoms with E-state index in [4.69, 9.17) is 11.6 Å². The molecule has 3 nitrogen and oxygen atoms in total. The Labute approximate surface area is 98.7 Å². The van der Waals surface area contributed by atoms with Crippen molar-refractivity contribution in [3.63, 3.8) is 0 Å². The summed E-state index contributed by atoms with van der Waals surface area (Å²) in [5, 5.41) is 0.663. The minimum absolute atomic E-state index is 0.119. The maximum atomic E-state index is 11.7. The van der Waals surface area contributed by atoms with Gasteiger partial charge in [0, 0.05) is 16.9 Å². The Morgan fingerprint density at radius 2 is 1.88 bits per heavy atom. The first-order chi connectivity index (χ1) is 7.58. The van der Waals surface area contributed by atoms with E-state index in [9.17, 15) is 4.79 Å². The van der Waals surface area contributed by atoms with Gasteiger partial charge in [-0.2, -0.15) is 0 Å². The van der Waals surface area contributed by atoms with E-state index < -0.39 is 0 Å². The van der Waals surface area contributed by atoms with Crippen molar-refractivity contribution in [2.24, 2.45) is 0 Å². The maximum absolute atomic E-state index is 11.7. The number of halogens is 1. The molecule has 2 aromatic rings. The molecule has 1 aromatic carbocycles. The van der Waals surface area contributed by atoms with Crippen molar-refractivity contribution in [3.05, 3.63) is 51.7 Å². The molecule has 0 aliphatic rings. The zero-order valence-corrected chi connectivity index (χ0v) is 9.95. The highest BCUT2D eigenvalue weighted by Crippen LogP contribution is 2.14. The SMILES string of the molecule is CC(C)c1cn(-c2ccc(Cl)cc2)c(=O)[nH]1. The van der Waals surface area contributed by atoms with Gasteiger partial charge < -0.3 is 4.98 Å².